The molecule has 0 bridgehead atoms. The first-order chi connectivity index (χ1) is 10.5. The molecule has 0 radical (unpaired) electrons. The van der Waals surface area contributed by atoms with E-state index < -0.39 is 0 Å². The number of ether oxygens (including phenoxy) is 1. The minimum Gasteiger partial charge on any atom is -0.456 e. The lowest BCUT2D eigenvalue weighted by Crippen LogP contribution is -1.92. The van der Waals surface area contributed by atoms with Crippen molar-refractivity contribution in [3.05, 3.63) is 72.8 Å². The first-order valence-electron chi connectivity index (χ1n) is 7.39. The van der Waals surface area contributed by atoms with Crippen LogP contribution in [0.25, 0.3) is 11.1 Å². The van der Waals surface area contributed by atoms with Gasteiger partial charge in [-0.2, -0.15) is 0 Å². The topological polar surface area (TPSA) is 35.2 Å². The van der Waals surface area contributed by atoms with Crippen LogP contribution in [0.5, 0.6) is 11.5 Å². The number of hydrogen-bond acceptors (Lipinski definition) is 2. The van der Waals surface area contributed by atoms with E-state index >= 15 is 0 Å². The summed E-state index contributed by atoms with van der Waals surface area (Å²) in [5.74, 6) is 1.65. The van der Waals surface area contributed by atoms with E-state index in [9.17, 15) is 0 Å². The van der Waals surface area contributed by atoms with Gasteiger partial charge in [-0.15, -0.1) is 0 Å². The van der Waals surface area contributed by atoms with Crippen molar-refractivity contribution in [2.75, 3.05) is 6.54 Å². The number of benzene rings is 2. The second kappa shape index (κ2) is 8.85. The van der Waals surface area contributed by atoms with Crippen molar-refractivity contribution < 1.29 is 4.74 Å². The number of hydrogen-bond donors (Lipinski definition) is 1. The van der Waals surface area contributed by atoms with Crippen LogP contribution in [0.4, 0.5) is 0 Å². The maximum atomic E-state index is 6.04. The first kappa shape index (κ1) is 17.7. The minimum absolute atomic E-state index is 0.750. The summed E-state index contributed by atoms with van der Waals surface area (Å²) in [7, 11) is 0. The summed E-state index contributed by atoms with van der Waals surface area (Å²) in [6.07, 6.45) is 0. The Kier molecular flexibility index (Phi) is 7.14. The van der Waals surface area contributed by atoms with Crippen molar-refractivity contribution in [3.63, 3.8) is 0 Å². The van der Waals surface area contributed by atoms with Gasteiger partial charge in [-0.25, -0.2) is 0 Å². The zero-order valence-corrected chi connectivity index (χ0v) is 13.7. The smallest absolute Gasteiger partial charge is 0.134 e. The van der Waals surface area contributed by atoms with E-state index in [1.165, 1.54) is 0 Å². The highest BCUT2D eigenvalue weighted by molar-refractivity contribution is 5.70. The standard InChI is InChI=1S/C18H18O.C2H7N/c1-13(2)15-9-5-7-11-17(15)19-18-12-8-6-10-16(18)14(3)4;1-2-3/h5-12H,1,3H2,2,4H3;2-3H2,1H3. The number of allylic oxidation sites excluding steroid dienone is 2. The number of rotatable bonds is 4. The lowest BCUT2D eigenvalue weighted by atomic mass is 10.1. The summed E-state index contributed by atoms with van der Waals surface area (Å²) < 4.78 is 6.04. The summed E-state index contributed by atoms with van der Waals surface area (Å²) in [5, 5.41) is 0. The maximum absolute atomic E-state index is 6.04. The highest BCUT2D eigenvalue weighted by Crippen LogP contribution is 2.33. The second-order valence-electron chi connectivity index (χ2n) is 5.06. The molecule has 0 aromatic heterocycles. The molecule has 0 aliphatic heterocycles. The van der Waals surface area contributed by atoms with E-state index in [-0.39, 0.29) is 0 Å². The van der Waals surface area contributed by atoms with Crippen molar-refractivity contribution in [1.82, 2.24) is 0 Å². The van der Waals surface area contributed by atoms with Gasteiger partial charge >= 0.3 is 0 Å². The molecule has 2 aromatic carbocycles. The highest BCUT2D eigenvalue weighted by Gasteiger charge is 2.08. The van der Waals surface area contributed by atoms with Crippen LogP contribution in [0.2, 0.25) is 0 Å². The van der Waals surface area contributed by atoms with Gasteiger partial charge in [0, 0.05) is 11.1 Å². The fourth-order valence-corrected chi connectivity index (χ4v) is 1.93. The van der Waals surface area contributed by atoms with Gasteiger partial charge in [-0.3, -0.25) is 0 Å². The Morgan fingerprint density at radius 3 is 1.50 bits per heavy atom. The molecule has 2 heteroatoms. The van der Waals surface area contributed by atoms with E-state index in [0.29, 0.717) is 0 Å². The summed E-state index contributed by atoms with van der Waals surface area (Å²) >= 11 is 0. The van der Waals surface area contributed by atoms with Crippen LogP contribution in [-0.2, 0) is 0 Å². The van der Waals surface area contributed by atoms with E-state index in [2.05, 4.69) is 13.2 Å². The Bertz CT molecular complexity index is 588. The van der Waals surface area contributed by atoms with Gasteiger partial charge in [0.05, 0.1) is 0 Å². The van der Waals surface area contributed by atoms with Crippen LogP contribution in [-0.4, -0.2) is 6.54 Å². The van der Waals surface area contributed by atoms with Gasteiger partial charge in [0.25, 0.3) is 0 Å². The van der Waals surface area contributed by atoms with Crippen LogP contribution in [0.15, 0.2) is 61.7 Å². The van der Waals surface area contributed by atoms with Crippen molar-refractivity contribution in [3.8, 4) is 11.5 Å². The van der Waals surface area contributed by atoms with Gasteiger partial charge < -0.3 is 10.5 Å². The van der Waals surface area contributed by atoms with E-state index in [0.717, 1.165) is 40.3 Å². The van der Waals surface area contributed by atoms with E-state index in [1.807, 2.05) is 69.3 Å². The molecule has 0 aliphatic rings. The molecule has 0 amide bonds. The van der Waals surface area contributed by atoms with Gasteiger partial charge in [-0.05, 0) is 43.7 Å². The molecule has 0 saturated carbocycles. The zero-order chi connectivity index (χ0) is 16.5. The van der Waals surface area contributed by atoms with E-state index in [4.69, 9.17) is 10.5 Å². The molecule has 2 N–H and O–H groups in total. The lowest BCUT2D eigenvalue weighted by Gasteiger charge is -2.14. The Labute approximate surface area is 133 Å². The van der Waals surface area contributed by atoms with Crippen LogP contribution < -0.4 is 10.5 Å². The summed E-state index contributed by atoms with van der Waals surface area (Å²) in [6.45, 7) is 14.6. The molecule has 2 nitrogen and oxygen atoms in total. The Morgan fingerprint density at radius 1 is 0.864 bits per heavy atom. The average molecular weight is 295 g/mol. The monoisotopic (exact) mass is 295 g/mol. The molecule has 2 aromatic rings. The third kappa shape index (κ3) is 4.90. The molecule has 0 heterocycles. The fourth-order valence-electron chi connectivity index (χ4n) is 1.93. The van der Waals surface area contributed by atoms with Crippen molar-refractivity contribution >= 4 is 11.1 Å². The van der Waals surface area contributed by atoms with Crippen LogP contribution in [0.3, 0.4) is 0 Å². The summed E-state index contributed by atoms with van der Waals surface area (Å²) in [6, 6.07) is 15.8. The first-order valence-corrected chi connectivity index (χ1v) is 7.39. The second-order valence-corrected chi connectivity index (χ2v) is 5.06. The van der Waals surface area contributed by atoms with Crippen LogP contribution in [0.1, 0.15) is 31.9 Å². The molecule has 0 spiro atoms. The molecule has 0 atom stereocenters. The molecule has 116 valence electrons. The third-order valence-corrected chi connectivity index (χ3v) is 2.91. The SMILES string of the molecule is C=C(C)c1ccccc1Oc1ccccc1C(=C)C.CCN. The third-order valence-electron chi connectivity index (χ3n) is 2.91. The molecule has 2 rings (SSSR count). The van der Waals surface area contributed by atoms with Gasteiger partial charge in [0.15, 0.2) is 0 Å². The predicted octanol–water partition coefficient (Wildman–Crippen LogP) is 5.51. The number of para-hydroxylation sites is 2. The highest BCUT2D eigenvalue weighted by atomic mass is 16.5. The van der Waals surface area contributed by atoms with E-state index in [1.54, 1.807) is 0 Å². The molecular formula is C20H25NO. The fraction of sp³-hybridized carbons (Fsp3) is 0.200. The quantitative estimate of drug-likeness (QED) is 0.807. The normalized spacial score (nSPS) is 9.45. The molecule has 0 aliphatic carbocycles. The largest absolute Gasteiger partial charge is 0.456 e. The number of nitrogens with two attached hydrogens (primary N) is 1. The minimum atomic E-state index is 0.750. The molecule has 0 unspecified atom stereocenters. The molecular weight excluding hydrogens is 270 g/mol. The van der Waals surface area contributed by atoms with Gasteiger partial charge in [0.2, 0.25) is 0 Å². The molecule has 22 heavy (non-hydrogen) atoms. The maximum Gasteiger partial charge on any atom is 0.134 e. The Hall–Kier alpha value is -2.32. The summed E-state index contributed by atoms with van der Waals surface area (Å²) in [4.78, 5) is 0. The predicted molar refractivity (Wildman–Crippen MR) is 97.1 cm³/mol. The summed E-state index contributed by atoms with van der Waals surface area (Å²) in [5.41, 5.74) is 8.88. The Morgan fingerprint density at radius 2 is 1.18 bits per heavy atom. The van der Waals surface area contributed by atoms with Crippen LogP contribution in [0, 0.1) is 0 Å². The Balaban J connectivity index is 0.000000745. The zero-order valence-electron chi connectivity index (χ0n) is 13.7. The van der Waals surface area contributed by atoms with Crippen molar-refractivity contribution in [2.24, 2.45) is 5.73 Å². The van der Waals surface area contributed by atoms with Crippen molar-refractivity contribution in [1.29, 1.82) is 0 Å². The van der Waals surface area contributed by atoms with Crippen molar-refractivity contribution in [2.45, 2.75) is 20.8 Å². The van der Waals surface area contributed by atoms with Gasteiger partial charge in [-0.1, -0.05) is 56.5 Å². The lowest BCUT2D eigenvalue weighted by molar-refractivity contribution is 0.479. The molecule has 0 saturated heterocycles. The van der Waals surface area contributed by atoms with Crippen LogP contribution >= 0.6 is 0 Å². The van der Waals surface area contributed by atoms with Gasteiger partial charge in [0.1, 0.15) is 11.5 Å². The molecule has 0 fully saturated rings. The average Bonchev–Trinajstić information content (AvgIpc) is 2.48.